The van der Waals surface area contributed by atoms with Gasteiger partial charge in [0, 0.05) is 37.0 Å². The average Bonchev–Trinajstić information content (AvgIpc) is 2.65. The Balaban J connectivity index is 2.19. The highest BCUT2D eigenvalue weighted by atomic mass is 19.4. The number of aromatic nitrogens is 1. The van der Waals surface area contributed by atoms with Gasteiger partial charge in [0.05, 0.1) is 17.9 Å². The first kappa shape index (κ1) is 23.2. The Kier molecular flexibility index (Phi) is 7.79. The number of carbonyl (C=O) groups is 1. The summed E-state index contributed by atoms with van der Waals surface area (Å²) in [5.41, 5.74) is 0.192. The number of nitrogens with one attached hydrogen (secondary N) is 2. The molecule has 2 aromatic rings. The molecule has 0 radical (unpaired) electrons. The van der Waals surface area contributed by atoms with Crippen molar-refractivity contribution in [2.45, 2.75) is 19.5 Å². The number of quaternary nitrogens is 1. The monoisotopic (exact) mass is 425 g/mol. The van der Waals surface area contributed by atoms with Crippen molar-refractivity contribution in [2.75, 3.05) is 13.2 Å². The second-order valence-electron chi connectivity index (χ2n) is 6.45. The summed E-state index contributed by atoms with van der Waals surface area (Å²) in [6, 6.07) is 5.56. The van der Waals surface area contributed by atoms with E-state index in [2.05, 4.69) is 10.3 Å². The summed E-state index contributed by atoms with van der Waals surface area (Å²) >= 11 is 0. The number of hydrogen-bond acceptors (Lipinski definition) is 4. The number of nitrogens with zero attached hydrogens (tertiary/aromatic N) is 1. The standard InChI is InChI=1S/C20H20F4N4O2/c1-12(25)18(19(30)27-4-5-29)11-28-16-2-3-26-17(10-16)8-13-6-14(20(22,23)24)9-15(21)7-13/h2-3,6-7,9-11,25,29H,4-5,8H2,1H3,(H,26,28)(H,27,30)/p+1/b18-11+,25-12?. The van der Waals surface area contributed by atoms with Crippen molar-refractivity contribution in [1.82, 2.24) is 10.3 Å². The molecule has 0 fully saturated rings. The zero-order valence-electron chi connectivity index (χ0n) is 16.1. The average molecular weight is 425 g/mol. The van der Waals surface area contributed by atoms with Crippen molar-refractivity contribution >= 4 is 17.3 Å². The van der Waals surface area contributed by atoms with Gasteiger partial charge in [0.25, 0.3) is 5.91 Å². The lowest BCUT2D eigenvalue weighted by atomic mass is 10.0. The summed E-state index contributed by atoms with van der Waals surface area (Å²) in [6.07, 6.45) is -1.79. The Labute approximate surface area is 170 Å². The van der Waals surface area contributed by atoms with Gasteiger partial charge in [-0.05, 0) is 30.7 Å². The molecule has 1 amide bonds. The van der Waals surface area contributed by atoms with Crippen molar-refractivity contribution in [2.24, 2.45) is 0 Å². The minimum Gasteiger partial charge on any atom is -0.395 e. The van der Waals surface area contributed by atoms with E-state index in [-0.39, 0.29) is 36.4 Å². The number of amides is 1. The smallest absolute Gasteiger partial charge is 0.395 e. The summed E-state index contributed by atoms with van der Waals surface area (Å²) in [6.45, 7) is 1.26. The number of nitrogens with two attached hydrogens (primary N) is 1. The summed E-state index contributed by atoms with van der Waals surface area (Å²) in [5, 5.41) is 20.5. The zero-order chi connectivity index (χ0) is 22.3. The molecule has 160 valence electrons. The van der Waals surface area contributed by atoms with Gasteiger partial charge in [-0.25, -0.2) is 4.39 Å². The van der Waals surface area contributed by atoms with Gasteiger partial charge in [0.15, 0.2) is 0 Å². The van der Waals surface area contributed by atoms with E-state index in [1.54, 1.807) is 17.4 Å². The van der Waals surface area contributed by atoms with Crippen molar-refractivity contribution in [1.29, 1.82) is 5.41 Å². The number of pyridine rings is 1. The van der Waals surface area contributed by atoms with E-state index in [4.69, 9.17) is 10.5 Å². The number of aliphatic hydroxyl groups excluding tert-OH is 1. The van der Waals surface area contributed by atoms with E-state index < -0.39 is 23.5 Å². The number of halogens is 4. The van der Waals surface area contributed by atoms with E-state index in [1.807, 2.05) is 0 Å². The fourth-order valence-corrected chi connectivity index (χ4v) is 2.64. The molecular formula is C20H21F4N4O2+. The maximum atomic E-state index is 13.6. The molecule has 30 heavy (non-hydrogen) atoms. The lowest BCUT2D eigenvalue weighted by Crippen LogP contribution is -2.71. The lowest BCUT2D eigenvalue weighted by Gasteiger charge is -2.09. The first-order chi connectivity index (χ1) is 14.1. The molecule has 1 heterocycles. The molecule has 0 saturated heterocycles. The largest absolute Gasteiger partial charge is 0.416 e. The number of alkyl halides is 3. The summed E-state index contributed by atoms with van der Waals surface area (Å²) in [4.78, 5) is 16.1. The minimum atomic E-state index is -4.65. The van der Waals surface area contributed by atoms with Crippen molar-refractivity contribution < 1.29 is 32.8 Å². The number of carbonyl (C=O) groups excluding carboxylic acids is 1. The maximum absolute atomic E-state index is 13.6. The quantitative estimate of drug-likeness (QED) is 0.296. The summed E-state index contributed by atoms with van der Waals surface area (Å²) in [7, 11) is 0. The molecule has 1 aromatic heterocycles. The van der Waals surface area contributed by atoms with Gasteiger partial charge in [0.2, 0.25) is 0 Å². The maximum Gasteiger partial charge on any atom is 0.416 e. The highest BCUT2D eigenvalue weighted by Crippen LogP contribution is 2.30. The highest BCUT2D eigenvalue weighted by molar-refractivity contribution is 6.19. The van der Waals surface area contributed by atoms with Crippen LogP contribution in [-0.2, 0) is 17.4 Å². The van der Waals surface area contributed by atoms with E-state index in [9.17, 15) is 22.4 Å². The molecular weight excluding hydrogens is 404 g/mol. The Morgan fingerprint density at radius 1 is 1.30 bits per heavy atom. The molecule has 0 bridgehead atoms. The van der Waals surface area contributed by atoms with Gasteiger partial charge in [-0.3, -0.25) is 15.1 Å². The molecule has 5 N–H and O–H groups in total. The Morgan fingerprint density at radius 2 is 2.03 bits per heavy atom. The van der Waals surface area contributed by atoms with Crippen LogP contribution < -0.4 is 10.6 Å². The van der Waals surface area contributed by atoms with E-state index >= 15 is 0 Å². The van der Waals surface area contributed by atoms with E-state index in [0.29, 0.717) is 17.4 Å². The third-order valence-corrected chi connectivity index (χ3v) is 4.00. The van der Waals surface area contributed by atoms with Gasteiger partial charge in [-0.15, -0.1) is 0 Å². The van der Waals surface area contributed by atoms with Crippen LogP contribution in [0.2, 0.25) is 0 Å². The number of hydrogen-bond donors (Lipinski definition) is 4. The molecule has 0 aliphatic rings. The molecule has 0 aliphatic heterocycles. The minimum absolute atomic E-state index is 0.0142. The normalized spacial score (nSPS) is 12.0. The summed E-state index contributed by atoms with van der Waals surface area (Å²) < 4.78 is 52.2. The van der Waals surface area contributed by atoms with Gasteiger partial charge in [0.1, 0.15) is 23.3 Å². The van der Waals surface area contributed by atoms with Crippen LogP contribution >= 0.6 is 0 Å². The molecule has 0 spiro atoms. The van der Waals surface area contributed by atoms with Gasteiger partial charge >= 0.3 is 6.18 Å². The van der Waals surface area contributed by atoms with Crippen LogP contribution in [0.1, 0.15) is 23.7 Å². The van der Waals surface area contributed by atoms with Crippen LogP contribution in [-0.4, -0.2) is 34.9 Å². The van der Waals surface area contributed by atoms with Crippen LogP contribution in [0, 0.1) is 11.2 Å². The fraction of sp³-hybridized carbons (Fsp3) is 0.250. The zero-order valence-corrected chi connectivity index (χ0v) is 16.1. The molecule has 1 aromatic carbocycles. The van der Waals surface area contributed by atoms with E-state index in [1.165, 1.54) is 19.3 Å². The number of benzene rings is 1. The van der Waals surface area contributed by atoms with Gasteiger partial charge in [-0.2, -0.15) is 13.2 Å². The molecule has 10 heteroatoms. The van der Waals surface area contributed by atoms with Crippen molar-refractivity contribution in [3.63, 3.8) is 0 Å². The first-order valence-corrected chi connectivity index (χ1v) is 8.91. The highest BCUT2D eigenvalue weighted by Gasteiger charge is 2.31. The van der Waals surface area contributed by atoms with Crippen molar-refractivity contribution in [3.05, 3.63) is 70.9 Å². The van der Waals surface area contributed by atoms with Crippen LogP contribution in [0.4, 0.5) is 23.2 Å². The Hall–Kier alpha value is -3.11. The van der Waals surface area contributed by atoms with E-state index in [0.717, 1.165) is 12.1 Å². The summed E-state index contributed by atoms with van der Waals surface area (Å²) in [5.74, 6) is -1.49. The Bertz CT molecular complexity index is 958. The molecule has 6 nitrogen and oxygen atoms in total. The van der Waals surface area contributed by atoms with Crippen LogP contribution in [0.15, 0.2) is 48.3 Å². The molecule has 0 aliphatic carbocycles. The van der Waals surface area contributed by atoms with Crippen LogP contribution in [0.5, 0.6) is 0 Å². The number of aliphatic hydroxyl groups is 1. The third kappa shape index (κ3) is 6.75. The SMILES string of the molecule is CC(=N)/C(=C\[NH2+]c1ccnc(Cc2cc(F)cc(C(F)(F)F)c2)c1)C(=O)NCCO. The topological polar surface area (TPSA) is 103 Å². The third-order valence-electron chi connectivity index (χ3n) is 4.00. The molecule has 0 atom stereocenters. The van der Waals surface area contributed by atoms with Gasteiger partial charge in [-0.1, -0.05) is 0 Å². The second-order valence-corrected chi connectivity index (χ2v) is 6.45. The fourth-order valence-electron chi connectivity index (χ4n) is 2.64. The second kappa shape index (κ2) is 10.1. The van der Waals surface area contributed by atoms with Crippen molar-refractivity contribution in [3.8, 4) is 0 Å². The Morgan fingerprint density at radius 3 is 2.67 bits per heavy atom. The van der Waals surface area contributed by atoms with Crippen LogP contribution in [0.3, 0.4) is 0 Å². The van der Waals surface area contributed by atoms with Gasteiger partial charge < -0.3 is 15.8 Å². The number of rotatable bonds is 8. The predicted octanol–water partition coefficient (Wildman–Crippen LogP) is 2.06. The lowest BCUT2D eigenvalue weighted by molar-refractivity contribution is -0.496. The molecule has 0 saturated carbocycles. The van der Waals surface area contributed by atoms with Crippen LogP contribution in [0.25, 0.3) is 0 Å². The first-order valence-electron chi connectivity index (χ1n) is 8.91. The molecule has 0 unspecified atom stereocenters. The molecule has 2 rings (SSSR count). The predicted molar refractivity (Wildman–Crippen MR) is 102 cm³/mol.